The molecular formula is C19H14Cl2N4O4S2. The van der Waals surface area contributed by atoms with E-state index in [4.69, 9.17) is 23.2 Å². The number of nitrogens with zero attached hydrogens (tertiary/aromatic N) is 4. The van der Waals surface area contributed by atoms with Crippen LogP contribution in [0.5, 0.6) is 0 Å². The number of sulfonamides is 1. The normalized spacial score (nSPS) is 11.7. The molecule has 160 valence electrons. The number of rotatable bonds is 6. The molecule has 0 bridgehead atoms. The number of hydrogen-bond acceptors (Lipinski definition) is 6. The van der Waals surface area contributed by atoms with Crippen molar-refractivity contribution in [1.29, 1.82) is 0 Å². The van der Waals surface area contributed by atoms with Gasteiger partial charge < -0.3 is 5.11 Å². The molecule has 8 nitrogen and oxygen atoms in total. The molecule has 2 aromatic carbocycles. The van der Waals surface area contributed by atoms with Gasteiger partial charge in [0.25, 0.3) is 10.0 Å². The first kappa shape index (κ1) is 21.6. The topological polar surface area (TPSA) is 105 Å². The maximum atomic E-state index is 13.3. The molecule has 0 atom stereocenters. The monoisotopic (exact) mass is 496 g/mol. The Bertz CT molecular complexity index is 1400. The van der Waals surface area contributed by atoms with Crippen molar-refractivity contribution in [2.75, 3.05) is 10.8 Å². The number of carboxylic acid groups (broad SMARTS) is 1. The zero-order valence-corrected chi connectivity index (χ0v) is 19.0. The summed E-state index contributed by atoms with van der Waals surface area (Å²) in [6, 6.07) is 10.5. The summed E-state index contributed by atoms with van der Waals surface area (Å²) >= 11 is 13.3. The van der Waals surface area contributed by atoms with Crippen molar-refractivity contribution in [1.82, 2.24) is 14.8 Å². The second-order valence-corrected chi connectivity index (χ2v) is 10.4. The average molecular weight is 497 g/mol. The van der Waals surface area contributed by atoms with Crippen LogP contribution < -0.4 is 4.31 Å². The van der Waals surface area contributed by atoms with Crippen molar-refractivity contribution in [2.24, 2.45) is 0 Å². The molecule has 31 heavy (non-hydrogen) atoms. The van der Waals surface area contributed by atoms with Crippen LogP contribution in [0.2, 0.25) is 10.0 Å². The zero-order chi connectivity index (χ0) is 22.3. The highest BCUT2D eigenvalue weighted by Gasteiger charge is 2.28. The summed E-state index contributed by atoms with van der Waals surface area (Å²) in [6.07, 6.45) is 1.79. The third kappa shape index (κ3) is 4.24. The number of carbonyl (C=O) groups is 1. The lowest BCUT2D eigenvalue weighted by Crippen LogP contribution is -2.35. The van der Waals surface area contributed by atoms with Crippen molar-refractivity contribution in [3.05, 3.63) is 63.7 Å². The van der Waals surface area contributed by atoms with Gasteiger partial charge >= 0.3 is 5.97 Å². The van der Waals surface area contributed by atoms with Crippen molar-refractivity contribution < 1.29 is 18.3 Å². The van der Waals surface area contributed by atoms with Crippen LogP contribution in [0.4, 0.5) is 5.69 Å². The molecule has 0 aliphatic rings. The van der Waals surface area contributed by atoms with Crippen molar-refractivity contribution in [3.8, 4) is 5.13 Å². The predicted octanol–water partition coefficient (Wildman–Crippen LogP) is 4.38. The van der Waals surface area contributed by atoms with Gasteiger partial charge in [-0.1, -0.05) is 34.5 Å². The molecule has 0 saturated heterocycles. The van der Waals surface area contributed by atoms with E-state index in [0.717, 1.165) is 14.8 Å². The number of benzene rings is 2. The van der Waals surface area contributed by atoms with Gasteiger partial charge in [-0.05, 0) is 49.4 Å². The minimum absolute atomic E-state index is 0.126. The van der Waals surface area contributed by atoms with Gasteiger partial charge in [-0.25, -0.2) is 8.42 Å². The maximum absolute atomic E-state index is 13.3. The number of aryl methyl sites for hydroxylation is 1. The lowest BCUT2D eigenvalue weighted by Gasteiger charge is -2.23. The first-order valence-electron chi connectivity index (χ1n) is 8.77. The maximum Gasteiger partial charge on any atom is 0.324 e. The first-order chi connectivity index (χ1) is 14.6. The van der Waals surface area contributed by atoms with Gasteiger partial charge in [0, 0.05) is 21.6 Å². The molecule has 1 N–H and O–H groups in total. The highest BCUT2D eigenvalue weighted by Crippen LogP contribution is 2.31. The molecule has 0 saturated carbocycles. The molecule has 12 heteroatoms. The molecule has 0 aliphatic heterocycles. The number of hydrogen-bond donors (Lipinski definition) is 1. The Balaban J connectivity index is 1.82. The minimum atomic E-state index is -4.25. The Morgan fingerprint density at radius 2 is 1.84 bits per heavy atom. The van der Waals surface area contributed by atoms with E-state index < -0.39 is 22.5 Å². The van der Waals surface area contributed by atoms with Gasteiger partial charge in [-0.2, -0.15) is 0 Å². The SMILES string of the molecule is Cc1nnc(-n2ccc3cc(N(CC(=O)O)S(=O)(=O)c4cc(Cl)cc(Cl)c4)ccc32)s1. The number of carboxylic acids is 1. The largest absolute Gasteiger partial charge is 0.480 e. The molecule has 2 aromatic heterocycles. The fourth-order valence-electron chi connectivity index (χ4n) is 3.08. The van der Waals surface area contributed by atoms with E-state index in [2.05, 4.69) is 10.2 Å². The van der Waals surface area contributed by atoms with Crippen LogP contribution in [0.25, 0.3) is 16.0 Å². The number of aromatic nitrogens is 3. The molecule has 0 fully saturated rings. The Hall–Kier alpha value is -2.66. The van der Waals surface area contributed by atoms with Gasteiger partial charge in [-0.15, -0.1) is 10.2 Å². The molecule has 2 heterocycles. The third-order valence-corrected chi connectivity index (χ3v) is 7.41. The number of fused-ring (bicyclic) bond motifs is 1. The van der Waals surface area contributed by atoms with E-state index in [0.29, 0.717) is 10.5 Å². The fraction of sp³-hybridized carbons (Fsp3) is 0.105. The predicted molar refractivity (Wildman–Crippen MR) is 120 cm³/mol. The van der Waals surface area contributed by atoms with Crippen LogP contribution in [0.1, 0.15) is 5.01 Å². The van der Waals surface area contributed by atoms with E-state index >= 15 is 0 Å². The van der Waals surface area contributed by atoms with E-state index in [1.807, 2.05) is 11.5 Å². The van der Waals surface area contributed by atoms with Gasteiger partial charge in [0.1, 0.15) is 11.6 Å². The Morgan fingerprint density at radius 1 is 1.13 bits per heavy atom. The van der Waals surface area contributed by atoms with Crippen molar-refractivity contribution in [3.63, 3.8) is 0 Å². The second kappa shape index (κ2) is 8.12. The molecule has 0 aliphatic carbocycles. The Morgan fingerprint density at radius 3 is 2.45 bits per heavy atom. The second-order valence-electron chi connectivity index (χ2n) is 6.54. The zero-order valence-electron chi connectivity index (χ0n) is 15.9. The Kier molecular flexibility index (Phi) is 5.65. The third-order valence-electron chi connectivity index (χ3n) is 4.39. The molecule has 0 radical (unpaired) electrons. The Labute approximate surface area is 191 Å². The van der Waals surface area contributed by atoms with E-state index in [-0.39, 0.29) is 20.6 Å². The van der Waals surface area contributed by atoms with Gasteiger partial charge in [0.15, 0.2) is 0 Å². The number of anilines is 1. The number of aliphatic carboxylic acids is 1. The van der Waals surface area contributed by atoms with Crippen molar-refractivity contribution in [2.45, 2.75) is 11.8 Å². The van der Waals surface area contributed by atoms with Crippen LogP contribution in [0.15, 0.2) is 53.6 Å². The highest BCUT2D eigenvalue weighted by molar-refractivity contribution is 7.92. The fourth-order valence-corrected chi connectivity index (χ4v) is 5.90. The quantitative estimate of drug-likeness (QED) is 0.424. The summed E-state index contributed by atoms with van der Waals surface area (Å²) in [7, 11) is -4.25. The van der Waals surface area contributed by atoms with Crippen molar-refractivity contribution >= 4 is 67.1 Å². The molecule has 4 rings (SSSR count). The molecule has 0 amide bonds. The molecule has 0 spiro atoms. The summed E-state index contributed by atoms with van der Waals surface area (Å²) in [5.41, 5.74) is 0.968. The lowest BCUT2D eigenvalue weighted by atomic mass is 10.2. The first-order valence-corrected chi connectivity index (χ1v) is 11.8. The van der Waals surface area contributed by atoms with E-state index in [1.165, 1.54) is 29.5 Å². The van der Waals surface area contributed by atoms with Crippen LogP contribution >= 0.6 is 34.5 Å². The summed E-state index contributed by atoms with van der Waals surface area (Å²) in [5, 5.41) is 19.9. The van der Waals surface area contributed by atoms with Crippen LogP contribution in [-0.2, 0) is 14.8 Å². The van der Waals surface area contributed by atoms with Gasteiger partial charge in [-0.3, -0.25) is 13.7 Å². The summed E-state index contributed by atoms with van der Waals surface area (Å²) < 4.78 is 29.2. The lowest BCUT2D eigenvalue weighted by molar-refractivity contribution is -0.135. The number of halogens is 2. The summed E-state index contributed by atoms with van der Waals surface area (Å²) in [5.74, 6) is -1.31. The molecule has 4 aromatic rings. The minimum Gasteiger partial charge on any atom is -0.480 e. The molecule has 0 unspecified atom stereocenters. The average Bonchev–Trinajstić information content (AvgIpc) is 3.30. The van der Waals surface area contributed by atoms with Crippen LogP contribution in [-0.4, -0.2) is 40.8 Å². The summed E-state index contributed by atoms with van der Waals surface area (Å²) in [6.45, 7) is 1.08. The smallest absolute Gasteiger partial charge is 0.324 e. The van der Waals surface area contributed by atoms with E-state index in [1.54, 1.807) is 30.5 Å². The van der Waals surface area contributed by atoms with Gasteiger partial charge in [0.05, 0.1) is 16.1 Å². The summed E-state index contributed by atoms with van der Waals surface area (Å²) in [4.78, 5) is 11.3. The van der Waals surface area contributed by atoms with Crippen LogP contribution in [0.3, 0.4) is 0 Å². The molecular weight excluding hydrogens is 483 g/mol. The van der Waals surface area contributed by atoms with Gasteiger partial charge in [0.2, 0.25) is 5.13 Å². The van der Waals surface area contributed by atoms with Crippen LogP contribution in [0, 0.1) is 6.92 Å². The van der Waals surface area contributed by atoms with E-state index in [9.17, 15) is 18.3 Å². The highest BCUT2D eigenvalue weighted by atomic mass is 35.5. The standard InChI is InChI=1S/C19H14Cl2N4O4S2/c1-11-22-23-19(30-11)24-5-4-12-6-15(2-3-17(12)24)25(10-18(26)27)31(28,29)16-8-13(20)7-14(21)9-16/h2-9H,10H2,1H3,(H,26,27).